The van der Waals surface area contributed by atoms with E-state index in [2.05, 4.69) is 41.6 Å². The number of nitro benzene ring substituents is 1. The van der Waals surface area contributed by atoms with E-state index in [4.69, 9.17) is 9.68 Å². The number of hydrogen-bond donors (Lipinski definition) is 0. The molecule has 0 aromatic heterocycles. The van der Waals surface area contributed by atoms with Crippen molar-refractivity contribution >= 4 is 17.1 Å². The van der Waals surface area contributed by atoms with E-state index in [1.165, 1.54) is 17.7 Å². The van der Waals surface area contributed by atoms with Gasteiger partial charge in [0.05, 0.1) is 34.4 Å². The molecule has 7 heteroatoms. The zero-order valence-electron chi connectivity index (χ0n) is 18.1. The SMILES string of the molecule is O=[N+]([O-])c1ccc(CO/N=C2/CCC[C@@H]3ON(c4ccccc4)[C@@H](c4ccccc4)[C@@H]23)cc1. The number of fused-ring (bicyclic) bond motifs is 1. The van der Waals surface area contributed by atoms with E-state index in [0.29, 0.717) is 0 Å². The summed E-state index contributed by atoms with van der Waals surface area (Å²) in [5, 5.41) is 17.4. The first-order valence-corrected chi connectivity index (χ1v) is 11.2. The summed E-state index contributed by atoms with van der Waals surface area (Å²) in [5.41, 5.74) is 4.10. The Labute approximate surface area is 192 Å². The first-order valence-electron chi connectivity index (χ1n) is 11.2. The number of nitro groups is 1. The van der Waals surface area contributed by atoms with Crippen LogP contribution in [0.15, 0.2) is 90.1 Å². The molecule has 33 heavy (non-hydrogen) atoms. The fourth-order valence-corrected chi connectivity index (χ4v) is 4.71. The highest BCUT2D eigenvalue weighted by molar-refractivity contribution is 5.89. The van der Waals surface area contributed by atoms with Gasteiger partial charge in [-0.1, -0.05) is 53.7 Å². The molecule has 168 valence electrons. The summed E-state index contributed by atoms with van der Waals surface area (Å²) in [6.45, 7) is 0.262. The van der Waals surface area contributed by atoms with E-state index < -0.39 is 4.92 Å². The minimum Gasteiger partial charge on any atom is -0.391 e. The highest BCUT2D eigenvalue weighted by atomic mass is 16.7. The van der Waals surface area contributed by atoms with Gasteiger partial charge >= 0.3 is 0 Å². The van der Waals surface area contributed by atoms with Crippen LogP contribution in [-0.2, 0) is 16.3 Å². The zero-order valence-corrected chi connectivity index (χ0v) is 18.1. The van der Waals surface area contributed by atoms with Gasteiger partial charge in [0.25, 0.3) is 5.69 Å². The van der Waals surface area contributed by atoms with E-state index >= 15 is 0 Å². The van der Waals surface area contributed by atoms with Crippen LogP contribution >= 0.6 is 0 Å². The Bertz CT molecular complexity index is 1120. The number of hydrogen-bond acceptors (Lipinski definition) is 6. The number of benzene rings is 3. The van der Waals surface area contributed by atoms with Crippen LogP contribution in [0.5, 0.6) is 0 Å². The van der Waals surface area contributed by atoms with Gasteiger partial charge in [-0.25, -0.2) is 5.06 Å². The van der Waals surface area contributed by atoms with Crippen LogP contribution < -0.4 is 5.06 Å². The van der Waals surface area contributed by atoms with Crippen LogP contribution in [0.3, 0.4) is 0 Å². The zero-order chi connectivity index (χ0) is 22.6. The molecule has 3 atom stereocenters. The van der Waals surface area contributed by atoms with E-state index in [1.807, 2.05) is 29.3 Å². The Morgan fingerprint density at radius 3 is 2.39 bits per heavy atom. The number of rotatable bonds is 6. The molecule has 0 amide bonds. The lowest BCUT2D eigenvalue weighted by Crippen LogP contribution is -2.33. The second-order valence-electron chi connectivity index (χ2n) is 8.36. The van der Waals surface area contributed by atoms with Crippen LogP contribution in [-0.4, -0.2) is 16.7 Å². The molecule has 0 N–H and O–H groups in total. The molecule has 1 saturated carbocycles. The Kier molecular flexibility index (Phi) is 6.04. The fourth-order valence-electron chi connectivity index (χ4n) is 4.71. The van der Waals surface area contributed by atoms with Gasteiger partial charge in [-0.3, -0.25) is 15.0 Å². The van der Waals surface area contributed by atoms with Gasteiger partial charge in [0.15, 0.2) is 0 Å². The smallest absolute Gasteiger partial charge is 0.269 e. The minimum absolute atomic E-state index is 0.000579. The Morgan fingerprint density at radius 2 is 1.70 bits per heavy atom. The lowest BCUT2D eigenvalue weighted by molar-refractivity contribution is -0.384. The molecule has 7 nitrogen and oxygen atoms in total. The monoisotopic (exact) mass is 443 g/mol. The number of non-ortho nitro benzene ring substituents is 1. The molecule has 3 aromatic carbocycles. The summed E-state index contributed by atoms with van der Waals surface area (Å²) < 4.78 is 0. The van der Waals surface area contributed by atoms with Crippen molar-refractivity contribution in [2.45, 2.75) is 38.0 Å². The number of nitrogens with zero attached hydrogens (tertiary/aromatic N) is 3. The lowest BCUT2D eigenvalue weighted by Gasteiger charge is -2.29. The van der Waals surface area contributed by atoms with Gasteiger partial charge in [0, 0.05) is 12.1 Å². The maximum atomic E-state index is 10.9. The normalized spacial score (nSPS) is 23.3. The van der Waals surface area contributed by atoms with Crippen LogP contribution in [0.2, 0.25) is 0 Å². The second kappa shape index (κ2) is 9.42. The van der Waals surface area contributed by atoms with Crippen LogP contribution in [0, 0.1) is 16.0 Å². The molecule has 0 unspecified atom stereocenters. The molecule has 1 saturated heterocycles. The molecule has 3 aromatic rings. The molecule has 5 rings (SSSR count). The lowest BCUT2D eigenvalue weighted by atomic mass is 9.78. The van der Waals surface area contributed by atoms with Crippen LogP contribution in [0.4, 0.5) is 11.4 Å². The van der Waals surface area contributed by atoms with Crippen molar-refractivity contribution in [3.63, 3.8) is 0 Å². The summed E-state index contributed by atoms with van der Waals surface area (Å²) in [6, 6.07) is 26.9. The van der Waals surface area contributed by atoms with Gasteiger partial charge < -0.3 is 4.84 Å². The molecule has 0 radical (unpaired) electrons. The quantitative estimate of drug-likeness (QED) is 0.354. The van der Waals surface area contributed by atoms with Crippen molar-refractivity contribution in [2.24, 2.45) is 11.1 Å². The molecule has 2 aliphatic rings. The van der Waals surface area contributed by atoms with E-state index in [0.717, 1.165) is 36.2 Å². The Morgan fingerprint density at radius 1 is 1.00 bits per heavy atom. The molecule has 1 aliphatic heterocycles. The van der Waals surface area contributed by atoms with E-state index in [1.54, 1.807) is 12.1 Å². The Hall–Kier alpha value is -3.71. The van der Waals surface area contributed by atoms with Crippen molar-refractivity contribution in [2.75, 3.05) is 5.06 Å². The molecule has 1 aliphatic carbocycles. The predicted octanol–water partition coefficient (Wildman–Crippen LogP) is 5.83. The maximum Gasteiger partial charge on any atom is 0.269 e. The summed E-state index contributed by atoms with van der Waals surface area (Å²) in [6.07, 6.45) is 2.85. The van der Waals surface area contributed by atoms with Crippen molar-refractivity contribution in [3.05, 3.63) is 106 Å². The average Bonchev–Trinajstić information content (AvgIpc) is 3.26. The van der Waals surface area contributed by atoms with E-state index in [-0.39, 0.29) is 30.4 Å². The van der Waals surface area contributed by atoms with Crippen LogP contribution in [0.1, 0.15) is 36.4 Å². The number of hydroxylamine groups is 1. The topological polar surface area (TPSA) is 77.2 Å². The summed E-state index contributed by atoms with van der Waals surface area (Å²) >= 11 is 0. The summed E-state index contributed by atoms with van der Waals surface area (Å²) in [7, 11) is 0. The molecule has 1 heterocycles. The molecular formula is C26H25N3O4. The van der Waals surface area contributed by atoms with Gasteiger partial charge in [-0.15, -0.1) is 0 Å². The highest BCUT2D eigenvalue weighted by Crippen LogP contribution is 2.47. The average molecular weight is 444 g/mol. The molecular weight excluding hydrogens is 418 g/mol. The van der Waals surface area contributed by atoms with Crippen molar-refractivity contribution in [1.82, 2.24) is 0 Å². The van der Waals surface area contributed by atoms with Crippen molar-refractivity contribution < 1.29 is 14.6 Å². The van der Waals surface area contributed by atoms with Crippen LogP contribution in [0.25, 0.3) is 0 Å². The third-order valence-corrected chi connectivity index (χ3v) is 6.26. The minimum atomic E-state index is -0.407. The predicted molar refractivity (Wildman–Crippen MR) is 126 cm³/mol. The molecule has 0 spiro atoms. The first kappa shape index (κ1) is 21.2. The van der Waals surface area contributed by atoms with E-state index in [9.17, 15) is 10.1 Å². The van der Waals surface area contributed by atoms with Gasteiger partial charge in [0.2, 0.25) is 0 Å². The van der Waals surface area contributed by atoms with Gasteiger partial charge in [-0.05, 0) is 54.7 Å². The summed E-state index contributed by atoms with van der Waals surface area (Å²) in [4.78, 5) is 22.7. The number of anilines is 1. The first-order chi connectivity index (χ1) is 16.2. The van der Waals surface area contributed by atoms with Gasteiger partial charge in [0.1, 0.15) is 6.61 Å². The van der Waals surface area contributed by atoms with Gasteiger partial charge in [-0.2, -0.15) is 0 Å². The molecule has 2 fully saturated rings. The standard InChI is InChI=1S/C26H25N3O4/c30-29(31)22-16-14-19(15-17-22)18-32-27-23-12-7-13-24-25(23)26(20-8-3-1-4-9-20)28(33-24)21-10-5-2-6-11-21/h1-6,8-11,14-17,24-26H,7,12-13,18H2/b27-23-/t24-,25-,26-/m0/s1. The second-order valence-corrected chi connectivity index (χ2v) is 8.36. The number of para-hydroxylation sites is 1. The number of oxime groups is 1. The largest absolute Gasteiger partial charge is 0.391 e. The molecule has 0 bridgehead atoms. The van der Waals surface area contributed by atoms with Crippen molar-refractivity contribution in [1.29, 1.82) is 0 Å². The van der Waals surface area contributed by atoms with Crippen molar-refractivity contribution in [3.8, 4) is 0 Å². The third kappa shape index (κ3) is 4.45. The third-order valence-electron chi connectivity index (χ3n) is 6.26. The maximum absolute atomic E-state index is 10.9. The Balaban J connectivity index is 1.40. The fraction of sp³-hybridized carbons (Fsp3) is 0.269. The highest BCUT2D eigenvalue weighted by Gasteiger charge is 2.48. The summed E-state index contributed by atoms with van der Waals surface area (Å²) in [5.74, 6) is 0.0817.